The van der Waals surface area contributed by atoms with Crippen molar-refractivity contribution in [3.8, 4) is 0 Å². The minimum atomic E-state index is 0.455. The molecule has 0 bridgehead atoms. The highest BCUT2D eigenvalue weighted by Gasteiger charge is 2.09. The molecule has 1 atom stereocenters. The maximum absolute atomic E-state index is 4.60. The summed E-state index contributed by atoms with van der Waals surface area (Å²) in [5.41, 5.74) is 1.20. The molecule has 0 fully saturated rings. The van der Waals surface area contributed by atoms with Crippen LogP contribution in [0.3, 0.4) is 0 Å². The largest absolute Gasteiger partial charge is 0.317 e. The average molecular weight is 237 g/mol. The molecule has 1 N–H and O–H groups in total. The van der Waals surface area contributed by atoms with Crippen LogP contribution in [0.15, 0.2) is 12.3 Å². The zero-order valence-electron chi connectivity index (χ0n) is 11.7. The van der Waals surface area contributed by atoms with Gasteiger partial charge in [0.1, 0.15) is 0 Å². The molecule has 1 rings (SSSR count). The first-order valence-electron chi connectivity index (χ1n) is 6.88. The van der Waals surface area contributed by atoms with Gasteiger partial charge in [0.25, 0.3) is 0 Å². The first-order chi connectivity index (χ1) is 8.17. The van der Waals surface area contributed by atoms with Gasteiger partial charge in [-0.05, 0) is 33.4 Å². The van der Waals surface area contributed by atoms with Gasteiger partial charge in [-0.1, -0.05) is 26.2 Å². The first-order valence-corrected chi connectivity index (χ1v) is 6.88. The number of nitrogens with zero attached hydrogens (tertiary/aromatic N) is 2. The van der Waals surface area contributed by atoms with E-state index in [4.69, 9.17) is 0 Å². The lowest BCUT2D eigenvalue weighted by molar-refractivity contribution is 0.475. The summed E-state index contributed by atoms with van der Waals surface area (Å²) >= 11 is 0. The van der Waals surface area contributed by atoms with Crippen LogP contribution in [-0.4, -0.2) is 22.9 Å². The Labute approximate surface area is 106 Å². The molecule has 0 aliphatic rings. The van der Waals surface area contributed by atoms with Crippen molar-refractivity contribution in [2.45, 2.75) is 65.0 Å². The number of hydrogen-bond acceptors (Lipinski definition) is 2. The summed E-state index contributed by atoms with van der Waals surface area (Å²) in [6.07, 6.45) is 8.31. The van der Waals surface area contributed by atoms with Crippen molar-refractivity contribution in [1.29, 1.82) is 0 Å². The number of hydrogen-bond donors (Lipinski definition) is 1. The predicted octanol–water partition coefficient (Wildman–Crippen LogP) is 3.17. The van der Waals surface area contributed by atoms with E-state index in [1.165, 1.54) is 31.4 Å². The predicted molar refractivity (Wildman–Crippen MR) is 73.3 cm³/mol. The summed E-state index contributed by atoms with van der Waals surface area (Å²) < 4.78 is 2.04. The van der Waals surface area contributed by atoms with E-state index in [0.717, 1.165) is 6.42 Å². The fourth-order valence-electron chi connectivity index (χ4n) is 2.02. The van der Waals surface area contributed by atoms with E-state index in [1.807, 2.05) is 4.68 Å². The van der Waals surface area contributed by atoms with Crippen molar-refractivity contribution in [3.05, 3.63) is 18.0 Å². The number of nitrogens with one attached hydrogen (secondary N) is 1. The van der Waals surface area contributed by atoms with Gasteiger partial charge in [-0.25, -0.2) is 0 Å². The normalized spacial score (nSPS) is 13.2. The van der Waals surface area contributed by atoms with Crippen molar-refractivity contribution in [2.75, 3.05) is 7.05 Å². The van der Waals surface area contributed by atoms with Crippen LogP contribution < -0.4 is 5.32 Å². The molecule has 1 aromatic rings. The van der Waals surface area contributed by atoms with Crippen LogP contribution in [0.4, 0.5) is 0 Å². The molecule has 0 aromatic carbocycles. The molecule has 0 amide bonds. The SMILES string of the molecule is CCCCCC(Cc1ccn(C(C)C)n1)NC. The molecular formula is C14H27N3. The van der Waals surface area contributed by atoms with Gasteiger partial charge in [-0.3, -0.25) is 4.68 Å². The second-order valence-electron chi connectivity index (χ2n) is 5.07. The molecule has 1 aromatic heterocycles. The van der Waals surface area contributed by atoms with Gasteiger partial charge in [0.15, 0.2) is 0 Å². The fraction of sp³-hybridized carbons (Fsp3) is 0.786. The molecule has 1 heterocycles. The van der Waals surface area contributed by atoms with E-state index in [2.05, 4.69) is 50.5 Å². The van der Waals surface area contributed by atoms with Crippen molar-refractivity contribution in [1.82, 2.24) is 15.1 Å². The third-order valence-electron chi connectivity index (χ3n) is 3.21. The Morgan fingerprint density at radius 3 is 2.65 bits per heavy atom. The Bertz CT molecular complexity index is 304. The number of unbranched alkanes of at least 4 members (excludes halogenated alkanes) is 2. The summed E-state index contributed by atoms with van der Waals surface area (Å²) in [5.74, 6) is 0. The van der Waals surface area contributed by atoms with E-state index < -0.39 is 0 Å². The van der Waals surface area contributed by atoms with Gasteiger partial charge in [0.05, 0.1) is 5.69 Å². The second-order valence-corrected chi connectivity index (χ2v) is 5.07. The molecule has 0 radical (unpaired) electrons. The molecule has 98 valence electrons. The van der Waals surface area contributed by atoms with E-state index in [1.54, 1.807) is 0 Å². The number of rotatable bonds is 8. The van der Waals surface area contributed by atoms with E-state index in [0.29, 0.717) is 12.1 Å². The van der Waals surface area contributed by atoms with Gasteiger partial charge in [0, 0.05) is 24.7 Å². The number of likely N-dealkylation sites (N-methyl/N-ethyl adjacent to an activating group) is 1. The van der Waals surface area contributed by atoms with Crippen LogP contribution in [0.1, 0.15) is 58.2 Å². The monoisotopic (exact) mass is 237 g/mol. The third kappa shape index (κ3) is 4.90. The lowest BCUT2D eigenvalue weighted by atomic mass is 10.0. The summed E-state index contributed by atoms with van der Waals surface area (Å²) in [4.78, 5) is 0. The molecule has 0 saturated heterocycles. The summed E-state index contributed by atoms with van der Waals surface area (Å²) in [5, 5.41) is 8.00. The Kier molecular flexibility index (Phi) is 6.27. The maximum Gasteiger partial charge on any atom is 0.0640 e. The average Bonchev–Trinajstić information content (AvgIpc) is 2.76. The molecule has 1 unspecified atom stereocenters. The van der Waals surface area contributed by atoms with Gasteiger partial charge < -0.3 is 5.32 Å². The van der Waals surface area contributed by atoms with Crippen LogP contribution in [0.2, 0.25) is 0 Å². The van der Waals surface area contributed by atoms with Crippen molar-refractivity contribution < 1.29 is 0 Å². The smallest absolute Gasteiger partial charge is 0.0640 e. The second kappa shape index (κ2) is 7.49. The van der Waals surface area contributed by atoms with Gasteiger partial charge >= 0.3 is 0 Å². The Morgan fingerprint density at radius 1 is 1.35 bits per heavy atom. The summed E-state index contributed by atoms with van der Waals surface area (Å²) in [6.45, 7) is 6.57. The van der Waals surface area contributed by atoms with Gasteiger partial charge in [0.2, 0.25) is 0 Å². The van der Waals surface area contributed by atoms with Crippen LogP contribution in [0.25, 0.3) is 0 Å². The minimum absolute atomic E-state index is 0.455. The molecule has 0 spiro atoms. The lowest BCUT2D eigenvalue weighted by Crippen LogP contribution is -2.27. The van der Waals surface area contributed by atoms with Crippen LogP contribution in [-0.2, 0) is 6.42 Å². The van der Waals surface area contributed by atoms with Crippen molar-refractivity contribution in [2.24, 2.45) is 0 Å². The van der Waals surface area contributed by atoms with Crippen LogP contribution in [0.5, 0.6) is 0 Å². The van der Waals surface area contributed by atoms with E-state index >= 15 is 0 Å². The van der Waals surface area contributed by atoms with Gasteiger partial charge in [-0.2, -0.15) is 5.10 Å². The Hall–Kier alpha value is -0.830. The molecule has 0 aliphatic heterocycles. The van der Waals surface area contributed by atoms with Crippen LogP contribution in [0, 0.1) is 0 Å². The molecule has 3 heteroatoms. The van der Waals surface area contributed by atoms with Gasteiger partial charge in [-0.15, -0.1) is 0 Å². The fourth-order valence-corrected chi connectivity index (χ4v) is 2.02. The van der Waals surface area contributed by atoms with E-state index in [9.17, 15) is 0 Å². The quantitative estimate of drug-likeness (QED) is 0.704. The Balaban J connectivity index is 2.43. The highest BCUT2D eigenvalue weighted by atomic mass is 15.3. The highest BCUT2D eigenvalue weighted by molar-refractivity contribution is 5.02. The molecule has 3 nitrogen and oxygen atoms in total. The summed E-state index contributed by atoms with van der Waals surface area (Å²) in [7, 11) is 2.05. The molecule has 0 aliphatic carbocycles. The zero-order chi connectivity index (χ0) is 12.7. The van der Waals surface area contributed by atoms with Crippen molar-refractivity contribution in [3.63, 3.8) is 0 Å². The Morgan fingerprint density at radius 2 is 2.12 bits per heavy atom. The van der Waals surface area contributed by atoms with Crippen LogP contribution >= 0.6 is 0 Å². The number of aromatic nitrogens is 2. The topological polar surface area (TPSA) is 29.9 Å². The standard InChI is InChI=1S/C14H27N3/c1-5-6-7-8-13(15-4)11-14-9-10-17(16-14)12(2)3/h9-10,12-13,15H,5-8,11H2,1-4H3. The summed E-state index contributed by atoms with van der Waals surface area (Å²) in [6, 6.07) is 3.17. The maximum atomic E-state index is 4.60. The first kappa shape index (κ1) is 14.2. The zero-order valence-corrected chi connectivity index (χ0v) is 11.7. The van der Waals surface area contributed by atoms with Crippen molar-refractivity contribution >= 4 is 0 Å². The molecular weight excluding hydrogens is 210 g/mol. The molecule has 0 saturated carbocycles. The minimum Gasteiger partial charge on any atom is -0.317 e. The third-order valence-corrected chi connectivity index (χ3v) is 3.21. The lowest BCUT2D eigenvalue weighted by Gasteiger charge is -2.14. The van der Waals surface area contributed by atoms with E-state index in [-0.39, 0.29) is 0 Å². The molecule has 17 heavy (non-hydrogen) atoms. The highest BCUT2D eigenvalue weighted by Crippen LogP contribution is 2.10.